The number of β-amino-alcohol motifs (C(OH)–C–C–N with tert-alkyl or cyclic N) is 1. The van der Waals surface area contributed by atoms with Crippen molar-refractivity contribution >= 4 is 13.0 Å². The molecule has 0 radical (unpaired) electrons. The summed E-state index contributed by atoms with van der Waals surface area (Å²) in [7, 11) is -0.463. The Morgan fingerprint density at radius 3 is 2.67 bits per heavy atom. The standard InChI is InChI=1S/C17H29BN2O4/c1-9(19)15(22)20-8-11(21)7-14(20)18-23-13-6-10-5-12(16(10,2)3)17(13,4)24-18/h9-14,21H,5-8,19H2,1-4H3/t9-,10+,11+,12+,13?,14+,17+/m1/s1. The van der Waals surface area contributed by atoms with Crippen LogP contribution in [-0.2, 0) is 14.1 Å². The van der Waals surface area contributed by atoms with Gasteiger partial charge in [-0.2, -0.15) is 0 Å². The van der Waals surface area contributed by atoms with Crippen molar-refractivity contribution in [2.45, 2.75) is 76.7 Å². The van der Waals surface area contributed by atoms with Crippen LogP contribution in [0.3, 0.4) is 0 Å². The largest absolute Gasteiger partial charge is 0.482 e. The number of aliphatic hydroxyl groups is 1. The summed E-state index contributed by atoms with van der Waals surface area (Å²) < 4.78 is 12.7. The van der Waals surface area contributed by atoms with Crippen molar-refractivity contribution < 1.29 is 19.2 Å². The Morgan fingerprint density at radius 1 is 1.33 bits per heavy atom. The number of rotatable bonds is 2. The van der Waals surface area contributed by atoms with Gasteiger partial charge in [0.2, 0.25) is 5.91 Å². The van der Waals surface area contributed by atoms with Crippen molar-refractivity contribution in [1.29, 1.82) is 0 Å². The molecule has 1 amide bonds. The lowest BCUT2D eigenvalue weighted by molar-refractivity contribution is -0.199. The van der Waals surface area contributed by atoms with Crippen molar-refractivity contribution in [2.75, 3.05) is 6.54 Å². The minimum atomic E-state index is -0.580. The Balaban J connectivity index is 1.55. The highest BCUT2D eigenvalue weighted by molar-refractivity contribution is 6.48. The highest BCUT2D eigenvalue weighted by atomic mass is 16.7. The van der Waals surface area contributed by atoms with E-state index in [4.69, 9.17) is 15.0 Å². The minimum Gasteiger partial charge on any atom is -0.404 e. The smallest absolute Gasteiger partial charge is 0.404 e. The van der Waals surface area contributed by atoms with Crippen LogP contribution in [-0.4, -0.2) is 59.4 Å². The van der Waals surface area contributed by atoms with E-state index in [0.717, 1.165) is 6.42 Å². The van der Waals surface area contributed by atoms with E-state index in [1.165, 1.54) is 6.42 Å². The summed E-state index contributed by atoms with van der Waals surface area (Å²) in [5, 5.41) is 10.1. The second-order valence-corrected chi connectivity index (χ2v) is 9.07. The molecule has 3 saturated carbocycles. The molecule has 5 fully saturated rings. The molecular weight excluding hydrogens is 307 g/mol. The van der Waals surface area contributed by atoms with Gasteiger partial charge in [0.25, 0.3) is 0 Å². The van der Waals surface area contributed by atoms with Gasteiger partial charge in [0, 0.05) is 6.54 Å². The van der Waals surface area contributed by atoms with Crippen molar-refractivity contribution in [3.05, 3.63) is 0 Å². The first-order chi connectivity index (χ1) is 11.1. The van der Waals surface area contributed by atoms with Gasteiger partial charge in [-0.1, -0.05) is 13.8 Å². The molecule has 24 heavy (non-hydrogen) atoms. The van der Waals surface area contributed by atoms with Gasteiger partial charge in [-0.15, -0.1) is 0 Å². The second kappa shape index (κ2) is 5.19. The lowest BCUT2D eigenvalue weighted by Gasteiger charge is -2.64. The summed E-state index contributed by atoms with van der Waals surface area (Å²) in [6, 6.07) is -0.580. The zero-order chi connectivity index (χ0) is 17.4. The van der Waals surface area contributed by atoms with Crippen molar-refractivity contribution in [2.24, 2.45) is 23.0 Å². The van der Waals surface area contributed by atoms with Crippen molar-refractivity contribution in [3.63, 3.8) is 0 Å². The molecule has 3 aliphatic carbocycles. The second-order valence-electron chi connectivity index (χ2n) is 9.07. The number of carbonyl (C=O) groups is 1. The summed E-state index contributed by atoms with van der Waals surface area (Å²) >= 11 is 0. The highest BCUT2D eigenvalue weighted by Crippen LogP contribution is 2.65. The molecule has 2 aliphatic heterocycles. The molecule has 0 aromatic carbocycles. The van der Waals surface area contributed by atoms with Gasteiger partial charge in [-0.3, -0.25) is 4.79 Å². The maximum Gasteiger partial charge on any atom is 0.482 e. The van der Waals surface area contributed by atoms with Crippen LogP contribution in [0.2, 0.25) is 0 Å². The quantitative estimate of drug-likeness (QED) is 0.720. The SMILES string of the molecule is C[C@@H](N)C(=O)N1C[C@@H](O)C[C@H]1B1OC2C[C@@H]3C[C@@H](C3(C)C)[C@]2(C)O1. The third kappa shape index (κ3) is 2.14. The fraction of sp³-hybridized carbons (Fsp3) is 0.941. The Kier molecular flexibility index (Phi) is 3.64. The van der Waals surface area contributed by atoms with E-state index in [1.807, 2.05) is 0 Å². The first kappa shape index (κ1) is 16.8. The molecule has 5 rings (SSSR count). The van der Waals surface area contributed by atoms with Gasteiger partial charge < -0.3 is 25.0 Å². The normalized spacial score (nSPS) is 47.3. The highest BCUT2D eigenvalue weighted by Gasteiger charge is 2.69. The Bertz CT molecular complexity index is 557. The number of likely N-dealkylation sites (tertiary alicyclic amines) is 1. The molecule has 3 N–H and O–H groups in total. The fourth-order valence-electron chi connectivity index (χ4n) is 5.68. The molecule has 2 heterocycles. The zero-order valence-corrected chi connectivity index (χ0v) is 15.1. The van der Waals surface area contributed by atoms with E-state index in [0.29, 0.717) is 30.2 Å². The number of nitrogens with zero attached hydrogens (tertiary/aromatic N) is 1. The monoisotopic (exact) mass is 336 g/mol. The van der Waals surface area contributed by atoms with E-state index >= 15 is 0 Å². The molecular formula is C17H29BN2O4. The van der Waals surface area contributed by atoms with Crippen LogP contribution in [0.4, 0.5) is 0 Å². The van der Waals surface area contributed by atoms with Gasteiger partial charge in [-0.05, 0) is 50.4 Å². The summed E-state index contributed by atoms with van der Waals surface area (Å²) in [5.74, 6) is 0.788. The van der Waals surface area contributed by atoms with Gasteiger partial charge in [0.05, 0.1) is 29.8 Å². The number of nitrogens with two attached hydrogens (primary N) is 1. The molecule has 2 saturated heterocycles. The van der Waals surface area contributed by atoms with Gasteiger partial charge in [-0.25, -0.2) is 0 Å². The van der Waals surface area contributed by atoms with Crippen LogP contribution in [0, 0.1) is 17.3 Å². The molecule has 1 unspecified atom stereocenters. The van der Waals surface area contributed by atoms with Crippen LogP contribution >= 0.6 is 0 Å². The zero-order valence-electron chi connectivity index (χ0n) is 15.1. The predicted molar refractivity (Wildman–Crippen MR) is 89.9 cm³/mol. The molecule has 0 aromatic heterocycles. The number of amides is 1. The molecule has 2 bridgehead atoms. The summed E-state index contributed by atoms with van der Waals surface area (Å²) in [6.07, 6.45) is 2.26. The molecule has 7 atom stereocenters. The molecule has 5 aliphatic rings. The van der Waals surface area contributed by atoms with E-state index < -0.39 is 19.3 Å². The van der Waals surface area contributed by atoms with Gasteiger partial charge in [0.15, 0.2) is 0 Å². The first-order valence-corrected chi connectivity index (χ1v) is 9.22. The lowest BCUT2D eigenvalue weighted by Crippen LogP contribution is -2.65. The third-order valence-electron chi connectivity index (χ3n) is 7.28. The minimum absolute atomic E-state index is 0.0873. The number of hydrogen-bond donors (Lipinski definition) is 2. The molecule has 7 heteroatoms. The van der Waals surface area contributed by atoms with E-state index in [-0.39, 0.29) is 23.6 Å². The fourth-order valence-corrected chi connectivity index (χ4v) is 5.68. The Hall–Kier alpha value is -0.625. The molecule has 6 nitrogen and oxygen atoms in total. The van der Waals surface area contributed by atoms with Crippen LogP contribution in [0.15, 0.2) is 0 Å². The van der Waals surface area contributed by atoms with Crippen LogP contribution in [0.25, 0.3) is 0 Å². The van der Waals surface area contributed by atoms with Gasteiger partial charge >= 0.3 is 7.12 Å². The lowest BCUT2D eigenvalue weighted by atomic mass is 9.43. The Morgan fingerprint density at radius 2 is 2.04 bits per heavy atom. The van der Waals surface area contributed by atoms with Crippen molar-refractivity contribution in [3.8, 4) is 0 Å². The first-order valence-electron chi connectivity index (χ1n) is 9.22. The maximum absolute atomic E-state index is 12.4. The third-order valence-corrected chi connectivity index (χ3v) is 7.28. The average molecular weight is 336 g/mol. The predicted octanol–water partition coefficient (Wildman–Crippen LogP) is 0.563. The average Bonchev–Trinajstić information content (AvgIpc) is 3.04. The molecule has 0 aromatic rings. The summed E-state index contributed by atoms with van der Waals surface area (Å²) in [5.41, 5.74) is 5.77. The summed E-state index contributed by atoms with van der Waals surface area (Å²) in [6.45, 7) is 8.82. The van der Waals surface area contributed by atoms with Crippen LogP contribution in [0.1, 0.15) is 47.0 Å². The number of hydrogen-bond acceptors (Lipinski definition) is 5. The molecule has 0 spiro atoms. The van der Waals surface area contributed by atoms with Crippen LogP contribution in [0.5, 0.6) is 0 Å². The maximum atomic E-state index is 12.4. The van der Waals surface area contributed by atoms with Crippen molar-refractivity contribution in [1.82, 2.24) is 4.90 Å². The van der Waals surface area contributed by atoms with E-state index in [2.05, 4.69) is 20.8 Å². The number of carbonyl (C=O) groups excluding carboxylic acids is 1. The molecule has 134 valence electrons. The topological polar surface area (TPSA) is 85.0 Å². The van der Waals surface area contributed by atoms with E-state index in [1.54, 1.807) is 11.8 Å². The van der Waals surface area contributed by atoms with Gasteiger partial charge in [0.1, 0.15) is 0 Å². The Labute approximate surface area is 144 Å². The number of aliphatic hydroxyl groups excluding tert-OH is 1. The summed E-state index contributed by atoms with van der Waals surface area (Å²) in [4.78, 5) is 14.1. The van der Waals surface area contributed by atoms with E-state index in [9.17, 15) is 9.90 Å². The van der Waals surface area contributed by atoms with Crippen LogP contribution < -0.4 is 5.73 Å².